The highest BCUT2D eigenvalue weighted by atomic mass is 35.5. The molecule has 3 N–H and O–H groups in total. The van der Waals surface area contributed by atoms with Gasteiger partial charge in [0.1, 0.15) is 12.2 Å². The second-order valence-electron chi connectivity index (χ2n) is 8.76. The molecule has 9 heteroatoms. The molecule has 3 aromatic carbocycles. The van der Waals surface area contributed by atoms with Gasteiger partial charge in [0.25, 0.3) is 0 Å². The van der Waals surface area contributed by atoms with Gasteiger partial charge in [0.15, 0.2) is 5.82 Å². The van der Waals surface area contributed by atoms with E-state index in [1.807, 2.05) is 66.7 Å². The highest BCUT2D eigenvalue weighted by Crippen LogP contribution is 2.31. The van der Waals surface area contributed by atoms with Crippen LogP contribution < -0.4 is 10.6 Å². The summed E-state index contributed by atoms with van der Waals surface area (Å²) >= 11 is 1.53. The largest absolute Gasteiger partial charge is 0.342 e. The van der Waals surface area contributed by atoms with Gasteiger partial charge in [-0.2, -0.15) is 0 Å². The van der Waals surface area contributed by atoms with Crippen LogP contribution >= 0.6 is 23.7 Å². The second-order valence-corrected chi connectivity index (χ2v) is 9.81. The summed E-state index contributed by atoms with van der Waals surface area (Å²) in [6.07, 6.45) is 2.30. The molecule has 0 saturated heterocycles. The zero-order valence-corrected chi connectivity index (χ0v) is 22.5. The fourth-order valence-electron chi connectivity index (χ4n) is 4.16. The average molecular weight is 551 g/mol. The third-order valence-corrected chi connectivity index (χ3v) is 6.88. The molecule has 0 atom stereocenters. The summed E-state index contributed by atoms with van der Waals surface area (Å²) in [5.74, 6) is 7.92. The first-order valence-electron chi connectivity index (χ1n) is 12.0. The van der Waals surface area contributed by atoms with Gasteiger partial charge >= 0.3 is 0 Å². The van der Waals surface area contributed by atoms with Gasteiger partial charge in [-0.15, -0.1) is 23.7 Å². The van der Waals surface area contributed by atoms with E-state index in [0.717, 1.165) is 61.1 Å². The van der Waals surface area contributed by atoms with Crippen molar-refractivity contribution in [1.29, 1.82) is 0 Å². The van der Waals surface area contributed by atoms with E-state index in [9.17, 15) is 4.79 Å². The number of hydrogen-bond donors (Lipinski definition) is 3. The van der Waals surface area contributed by atoms with Crippen LogP contribution in [0, 0.1) is 11.8 Å². The van der Waals surface area contributed by atoms with Crippen LogP contribution in [0.15, 0.2) is 85.2 Å². The number of fused-ring (bicyclic) bond motifs is 2. The molecule has 3 heterocycles. The molecule has 0 aliphatic heterocycles. The Morgan fingerprint density at radius 1 is 0.923 bits per heavy atom. The first-order valence-corrected chi connectivity index (χ1v) is 12.8. The second kappa shape index (κ2) is 11.4. The van der Waals surface area contributed by atoms with Crippen LogP contribution in [0.4, 0.5) is 17.2 Å². The van der Waals surface area contributed by atoms with Crippen molar-refractivity contribution >= 4 is 68.1 Å². The number of amides is 1. The first-order chi connectivity index (χ1) is 18.6. The zero-order valence-electron chi connectivity index (χ0n) is 20.9. The Balaban J connectivity index is 0.00000308. The van der Waals surface area contributed by atoms with E-state index in [1.165, 1.54) is 23.8 Å². The predicted octanol–water partition coefficient (Wildman–Crippen LogP) is 6.68. The molecule has 0 saturated carbocycles. The third kappa shape index (κ3) is 6.07. The lowest BCUT2D eigenvalue weighted by Crippen LogP contribution is -2.05. The van der Waals surface area contributed by atoms with Crippen molar-refractivity contribution < 1.29 is 4.79 Å². The number of nitrogens with one attached hydrogen (secondary N) is 3. The SMILES string of the molecule is CC(=O)Nc1cccc(C#Cc2cc3ncnc(Nc4ccc5[nH]c(Cc6ccccc6)nc5c4)c3s2)c1.Cl. The van der Waals surface area contributed by atoms with Crippen LogP contribution in [-0.4, -0.2) is 25.8 Å². The van der Waals surface area contributed by atoms with Crippen molar-refractivity contribution in [2.24, 2.45) is 0 Å². The van der Waals surface area contributed by atoms with Crippen molar-refractivity contribution in [2.45, 2.75) is 13.3 Å². The molecule has 192 valence electrons. The summed E-state index contributed by atoms with van der Waals surface area (Å²) in [4.78, 5) is 29.3. The van der Waals surface area contributed by atoms with Crippen molar-refractivity contribution in [3.05, 3.63) is 107 Å². The number of rotatable bonds is 5. The molecule has 7 nitrogen and oxygen atoms in total. The van der Waals surface area contributed by atoms with Gasteiger partial charge in [-0.25, -0.2) is 15.0 Å². The van der Waals surface area contributed by atoms with Crippen LogP contribution in [-0.2, 0) is 11.2 Å². The number of halogens is 1. The number of carbonyl (C=O) groups excluding carboxylic acids is 1. The molecule has 0 fully saturated rings. The average Bonchev–Trinajstić information content (AvgIpc) is 3.51. The summed E-state index contributed by atoms with van der Waals surface area (Å²) in [7, 11) is 0. The number of H-pyrrole nitrogens is 1. The summed E-state index contributed by atoms with van der Waals surface area (Å²) in [6.45, 7) is 1.48. The molecule has 0 radical (unpaired) electrons. The lowest BCUT2D eigenvalue weighted by molar-refractivity contribution is -0.114. The van der Waals surface area contributed by atoms with Crippen molar-refractivity contribution in [1.82, 2.24) is 19.9 Å². The smallest absolute Gasteiger partial charge is 0.221 e. The van der Waals surface area contributed by atoms with E-state index in [1.54, 1.807) is 6.33 Å². The fraction of sp³-hybridized carbons (Fsp3) is 0.0667. The number of aromatic amines is 1. The Bertz CT molecular complexity index is 1850. The Morgan fingerprint density at radius 2 is 1.79 bits per heavy atom. The van der Waals surface area contributed by atoms with E-state index in [0.29, 0.717) is 0 Å². The maximum absolute atomic E-state index is 11.3. The van der Waals surface area contributed by atoms with E-state index >= 15 is 0 Å². The highest BCUT2D eigenvalue weighted by molar-refractivity contribution is 7.20. The maximum atomic E-state index is 11.3. The Hall–Kier alpha value is -4.71. The van der Waals surface area contributed by atoms with Gasteiger partial charge in [0, 0.05) is 30.3 Å². The molecule has 39 heavy (non-hydrogen) atoms. The third-order valence-electron chi connectivity index (χ3n) is 5.83. The van der Waals surface area contributed by atoms with E-state index in [2.05, 4.69) is 49.6 Å². The number of nitrogens with zero attached hydrogens (tertiary/aromatic N) is 3. The zero-order chi connectivity index (χ0) is 25.9. The standard InChI is InChI=1S/C30H22N6OS.ClH/c1-19(37)33-22-9-5-8-21(14-22)10-12-24-17-27-29(38-24)30(32-18-31-27)34-23-11-13-25-26(16-23)36-28(35-25)15-20-6-3-2-4-7-20;/h2-9,11,13-14,16-18H,15H2,1H3,(H,33,37)(H,35,36)(H,31,32,34);1H. The van der Waals surface area contributed by atoms with Crippen molar-refractivity contribution in [3.63, 3.8) is 0 Å². The molecule has 3 aromatic heterocycles. The highest BCUT2D eigenvalue weighted by Gasteiger charge is 2.10. The monoisotopic (exact) mass is 550 g/mol. The molecule has 1 amide bonds. The van der Waals surface area contributed by atoms with Crippen molar-refractivity contribution in [3.8, 4) is 11.8 Å². The number of benzene rings is 3. The number of thiophene rings is 1. The normalized spacial score (nSPS) is 10.5. The number of imidazole rings is 1. The minimum Gasteiger partial charge on any atom is -0.342 e. The maximum Gasteiger partial charge on any atom is 0.221 e. The number of aromatic nitrogens is 4. The topological polar surface area (TPSA) is 95.6 Å². The Labute approximate surface area is 235 Å². The van der Waals surface area contributed by atoms with Crippen LogP contribution in [0.25, 0.3) is 21.3 Å². The number of anilines is 3. The van der Waals surface area contributed by atoms with E-state index in [-0.39, 0.29) is 18.3 Å². The molecular formula is C30H23ClN6OS. The van der Waals surface area contributed by atoms with Gasteiger partial charge in [0.05, 0.1) is 26.1 Å². The molecule has 0 spiro atoms. The molecule has 0 unspecified atom stereocenters. The molecule has 0 bridgehead atoms. The van der Waals surface area contributed by atoms with Gasteiger partial charge < -0.3 is 15.6 Å². The van der Waals surface area contributed by atoms with Crippen LogP contribution in [0.2, 0.25) is 0 Å². The number of carbonyl (C=O) groups is 1. The summed E-state index contributed by atoms with van der Waals surface area (Å²) in [5, 5.41) is 6.21. The summed E-state index contributed by atoms with van der Waals surface area (Å²) in [6, 6.07) is 25.8. The van der Waals surface area contributed by atoms with Crippen LogP contribution in [0.3, 0.4) is 0 Å². The Morgan fingerprint density at radius 3 is 2.64 bits per heavy atom. The summed E-state index contributed by atoms with van der Waals surface area (Å²) < 4.78 is 0.927. The van der Waals surface area contributed by atoms with Crippen LogP contribution in [0.1, 0.15) is 28.8 Å². The van der Waals surface area contributed by atoms with Gasteiger partial charge in [-0.1, -0.05) is 48.2 Å². The lowest BCUT2D eigenvalue weighted by atomic mass is 10.1. The molecule has 0 aliphatic rings. The van der Waals surface area contributed by atoms with Gasteiger partial charge in [0.2, 0.25) is 5.91 Å². The molecule has 6 rings (SSSR count). The van der Waals surface area contributed by atoms with E-state index in [4.69, 9.17) is 4.98 Å². The minimum atomic E-state index is -0.114. The van der Waals surface area contributed by atoms with Gasteiger partial charge in [-0.3, -0.25) is 4.79 Å². The van der Waals surface area contributed by atoms with E-state index < -0.39 is 0 Å². The van der Waals surface area contributed by atoms with Crippen LogP contribution in [0.5, 0.6) is 0 Å². The van der Waals surface area contributed by atoms with Crippen molar-refractivity contribution in [2.75, 3.05) is 10.6 Å². The fourth-order valence-corrected chi connectivity index (χ4v) is 5.07. The molecular weight excluding hydrogens is 528 g/mol. The first kappa shape index (κ1) is 25.9. The quantitative estimate of drug-likeness (QED) is 0.208. The molecule has 6 aromatic rings. The van der Waals surface area contributed by atoms with Gasteiger partial charge in [-0.05, 0) is 48.0 Å². The summed E-state index contributed by atoms with van der Waals surface area (Å²) in [5.41, 5.74) is 6.36. The minimum absolute atomic E-state index is 0. The predicted molar refractivity (Wildman–Crippen MR) is 160 cm³/mol. The Kier molecular flexibility index (Phi) is 7.55. The lowest BCUT2D eigenvalue weighted by Gasteiger charge is -2.05. The number of hydrogen-bond acceptors (Lipinski definition) is 6. The molecule has 0 aliphatic carbocycles.